The molecule has 0 atom stereocenters. The van der Waals surface area contributed by atoms with Gasteiger partial charge in [0.15, 0.2) is 0 Å². The summed E-state index contributed by atoms with van der Waals surface area (Å²) in [4.78, 5) is 20.5. The second kappa shape index (κ2) is 4.31. The minimum atomic E-state index is -0.654. The lowest BCUT2D eigenvalue weighted by molar-refractivity contribution is -0.117. The van der Waals surface area contributed by atoms with Crippen LogP contribution in [0, 0.1) is 0 Å². The van der Waals surface area contributed by atoms with Crippen LogP contribution in [0.4, 0.5) is 0 Å². The highest BCUT2D eigenvalue weighted by molar-refractivity contribution is 5.96. The Morgan fingerprint density at radius 1 is 1.40 bits per heavy atom. The molecule has 0 unspecified atom stereocenters. The van der Waals surface area contributed by atoms with Crippen LogP contribution in [0.5, 0.6) is 0 Å². The van der Waals surface area contributed by atoms with Gasteiger partial charge in [-0.15, -0.1) is 0 Å². The largest absolute Gasteiger partial charge is 0.366 e. The smallest absolute Gasteiger partial charge is 0.248 e. The molecule has 0 aromatic heterocycles. The monoisotopic (exact) mass is 140 g/mol. The van der Waals surface area contributed by atoms with Crippen molar-refractivity contribution in [3.63, 3.8) is 0 Å². The average molecular weight is 140 g/mol. The minimum absolute atomic E-state index is 0.422. The zero-order chi connectivity index (χ0) is 7.98. The van der Waals surface area contributed by atoms with Gasteiger partial charge in [0.1, 0.15) is 0 Å². The van der Waals surface area contributed by atoms with Crippen molar-refractivity contribution in [2.24, 2.45) is 5.73 Å². The van der Waals surface area contributed by atoms with E-state index >= 15 is 0 Å². The third kappa shape index (κ3) is 4.58. The van der Waals surface area contributed by atoms with Gasteiger partial charge in [-0.1, -0.05) is 6.58 Å². The van der Waals surface area contributed by atoms with Gasteiger partial charge in [0.05, 0.1) is 0 Å². The maximum absolute atomic E-state index is 10.5. The molecule has 10 heavy (non-hydrogen) atoms. The maximum Gasteiger partial charge on any atom is 0.248 e. The zero-order valence-electron chi connectivity index (χ0n) is 5.33. The Kier molecular flexibility index (Phi) is 3.63. The second-order valence-electron chi connectivity index (χ2n) is 1.45. The Morgan fingerprint density at radius 2 is 2.00 bits per heavy atom. The number of hydrogen-bond acceptors (Lipinski definition) is 2. The number of nitrogens with two attached hydrogens (primary N) is 1. The van der Waals surface area contributed by atoms with Gasteiger partial charge in [0, 0.05) is 12.2 Å². The highest BCUT2D eigenvalue weighted by Gasteiger charge is 1.89. The van der Waals surface area contributed by atoms with Gasteiger partial charge in [-0.2, -0.15) is 0 Å². The van der Waals surface area contributed by atoms with E-state index in [1.807, 2.05) is 0 Å². The van der Waals surface area contributed by atoms with Gasteiger partial charge < -0.3 is 11.1 Å². The van der Waals surface area contributed by atoms with Crippen LogP contribution in [-0.4, -0.2) is 11.8 Å². The summed E-state index contributed by atoms with van der Waals surface area (Å²) < 4.78 is 0. The van der Waals surface area contributed by atoms with Crippen LogP contribution in [0.2, 0.25) is 0 Å². The predicted octanol–water partition coefficient (Wildman–Crippen LogP) is -0.712. The van der Waals surface area contributed by atoms with Crippen LogP contribution in [-0.2, 0) is 9.59 Å². The highest BCUT2D eigenvalue weighted by atomic mass is 16.2. The molecule has 4 heteroatoms. The number of primary amides is 1. The second-order valence-corrected chi connectivity index (χ2v) is 1.45. The third-order valence-corrected chi connectivity index (χ3v) is 0.643. The Balaban J connectivity index is 3.77. The van der Waals surface area contributed by atoms with E-state index in [0.29, 0.717) is 0 Å². The molecule has 0 aromatic rings. The van der Waals surface area contributed by atoms with Gasteiger partial charge in [0.2, 0.25) is 11.8 Å². The van der Waals surface area contributed by atoms with E-state index in [4.69, 9.17) is 5.73 Å². The molecule has 0 bridgehead atoms. The summed E-state index contributed by atoms with van der Waals surface area (Å²) in [5.74, 6) is -1.08. The molecule has 0 aliphatic rings. The predicted molar refractivity (Wildman–Crippen MR) is 36.7 cm³/mol. The lowest BCUT2D eigenvalue weighted by Crippen LogP contribution is -2.14. The number of nitrogens with one attached hydrogen (secondary N) is 1. The molecule has 0 aliphatic heterocycles. The van der Waals surface area contributed by atoms with E-state index in [1.54, 1.807) is 0 Å². The lowest BCUT2D eigenvalue weighted by Gasteiger charge is -1.87. The lowest BCUT2D eigenvalue weighted by atomic mass is 10.4. The molecule has 0 rings (SSSR count). The SMILES string of the molecule is C=CNC(=O)/C=C/C(N)=O. The van der Waals surface area contributed by atoms with Crippen LogP contribution in [0.3, 0.4) is 0 Å². The fraction of sp³-hybridized carbons (Fsp3) is 0. The summed E-state index contributed by atoms with van der Waals surface area (Å²) in [6, 6.07) is 0. The van der Waals surface area contributed by atoms with Crippen molar-refractivity contribution < 1.29 is 9.59 Å². The van der Waals surface area contributed by atoms with Crippen molar-refractivity contribution in [1.29, 1.82) is 0 Å². The molecule has 0 fully saturated rings. The molecule has 0 heterocycles. The first-order valence-electron chi connectivity index (χ1n) is 2.55. The summed E-state index contributed by atoms with van der Waals surface area (Å²) in [5.41, 5.74) is 4.71. The van der Waals surface area contributed by atoms with Crippen LogP contribution in [0.1, 0.15) is 0 Å². The molecule has 0 saturated heterocycles. The number of hydrogen-bond donors (Lipinski definition) is 2. The molecule has 3 N–H and O–H groups in total. The first-order valence-corrected chi connectivity index (χ1v) is 2.55. The average Bonchev–Trinajstić information content (AvgIpc) is 1.85. The highest BCUT2D eigenvalue weighted by Crippen LogP contribution is 1.71. The molecular weight excluding hydrogens is 132 g/mol. The Hall–Kier alpha value is -1.58. The van der Waals surface area contributed by atoms with Gasteiger partial charge >= 0.3 is 0 Å². The van der Waals surface area contributed by atoms with Crippen molar-refractivity contribution in [2.75, 3.05) is 0 Å². The first kappa shape index (κ1) is 8.42. The van der Waals surface area contributed by atoms with E-state index < -0.39 is 11.8 Å². The zero-order valence-corrected chi connectivity index (χ0v) is 5.33. The topological polar surface area (TPSA) is 72.2 Å². The summed E-state index contributed by atoms with van der Waals surface area (Å²) in [6.07, 6.45) is 3.22. The summed E-state index contributed by atoms with van der Waals surface area (Å²) >= 11 is 0. The molecule has 0 aliphatic carbocycles. The fourth-order valence-electron chi connectivity index (χ4n) is 0.307. The molecule has 4 nitrogen and oxygen atoms in total. The van der Waals surface area contributed by atoms with Crippen LogP contribution < -0.4 is 11.1 Å². The van der Waals surface area contributed by atoms with Crippen LogP contribution in [0.15, 0.2) is 24.9 Å². The maximum atomic E-state index is 10.5. The molecule has 0 spiro atoms. The summed E-state index contributed by atoms with van der Waals surface area (Å²) in [6.45, 7) is 3.25. The third-order valence-electron chi connectivity index (χ3n) is 0.643. The van der Waals surface area contributed by atoms with E-state index in [9.17, 15) is 9.59 Å². The molecule has 0 radical (unpaired) electrons. The van der Waals surface area contributed by atoms with E-state index in [0.717, 1.165) is 12.2 Å². The van der Waals surface area contributed by atoms with Crippen molar-refractivity contribution in [3.8, 4) is 0 Å². The molecule has 0 saturated carbocycles. The number of rotatable bonds is 3. The van der Waals surface area contributed by atoms with Gasteiger partial charge in [-0.3, -0.25) is 9.59 Å². The Morgan fingerprint density at radius 3 is 2.40 bits per heavy atom. The Labute approximate surface area is 58.4 Å². The van der Waals surface area contributed by atoms with Crippen molar-refractivity contribution in [3.05, 3.63) is 24.9 Å². The van der Waals surface area contributed by atoms with Crippen molar-refractivity contribution >= 4 is 11.8 Å². The van der Waals surface area contributed by atoms with Gasteiger partial charge in [-0.05, 0) is 6.20 Å². The molecule has 54 valence electrons. The number of amides is 2. The van der Waals surface area contributed by atoms with Crippen molar-refractivity contribution in [2.45, 2.75) is 0 Å². The fourth-order valence-corrected chi connectivity index (χ4v) is 0.307. The van der Waals surface area contributed by atoms with E-state index in [2.05, 4.69) is 11.9 Å². The van der Waals surface area contributed by atoms with E-state index in [-0.39, 0.29) is 0 Å². The number of carbonyl (C=O) groups is 2. The summed E-state index contributed by atoms with van der Waals surface area (Å²) in [5, 5.41) is 2.23. The first-order chi connectivity index (χ1) is 4.66. The standard InChI is InChI=1S/C6H8N2O2/c1-2-8-6(10)4-3-5(7)9/h2-4H,1H2,(H2,7,9)(H,8,10)/b4-3+. The quantitative estimate of drug-likeness (QED) is 0.508. The van der Waals surface area contributed by atoms with Crippen LogP contribution in [0.25, 0.3) is 0 Å². The summed E-state index contributed by atoms with van der Waals surface area (Å²) in [7, 11) is 0. The molecule has 0 aromatic carbocycles. The Bertz CT molecular complexity index is 184. The van der Waals surface area contributed by atoms with Crippen molar-refractivity contribution in [1.82, 2.24) is 5.32 Å². The van der Waals surface area contributed by atoms with Gasteiger partial charge in [0.25, 0.3) is 0 Å². The minimum Gasteiger partial charge on any atom is -0.366 e. The number of carbonyl (C=O) groups excluding carboxylic acids is 2. The molecule has 2 amide bonds. The van der Waals surface area contributed by atoms with Gasteiger partial charge in [-0.25, -0.2) is 0 Å². The molecular formula is C6H8N2O2. The normalized spacial score (nSPS) is 9.20. The van der Waals surface area contributed by atoms with Crippen LogP contribution >= 0.6 is 0 Å². The van der Waals surface area contributed by atoms with E-state index in [1.165, 1.54) is 6.20 Å².